The number of allylic oxidation sites excluding steroid dienone is 2. The van der Waals surface area contributed by atoms with Crippen LogP contribution in [0.15, 0.2) is 51.2 Å². The van der Waals surface area contributed by atoms with Crippen LogP contribution < -0.4 is 19.6 Å². The van der Waals surface area contributed by atoms with Crippen molar-refractivity contribution >= 4 is 11.0 Å². The molecule has 0 bridgehead atoms. The first-order valence-corrected chi connectivity index (χ1v) is 15.2. The molecule has 48 heavy (non-hydrogen) atoms. The van der Waals surface area contributed by atoms with Gasteiger partial charge in [0.2, 0.25) is 23.8 Å². The van der Waals surface area contributed by atoms with E-state index in [-0.39, 0.29) is 34.5 Å². The van der Waals surface area contributed by atoms with E-state index in [9.17, 15) is 45.6 Å². The van der Waals surface area contributed by atoms with Gasteiger partial charge in [0.25, 0.3) is 0 Å². The maximum absolute atomic E-state index is 14.3. The Morgan fingerprint density at radius 2 is 1.50 bits per heavy atom. The Labute approximate surface area is 274 Å². The van der Waals surface area contributed by atoms with Gasteiger partial charge in [0.05, 0.1) is 19.8 Å². The van der Waals surface area contributed by atoms with E-state index in [1.54, 1.807) is 30.3 Å². The summed E-state index contributed by atoms with van der Waals surface area (Å²) in [5, 5.41) is 82.9. The lowest BCUT2D eigenvalue weighted by Crippen LogP contribution is -2.60. The largest absolute Gasteiger partial charge is 0.507 e. The SMILES string of the molecule is COc1ccc(-c2oc3c(CC=C(C)C)c(O[C@H]4O[C@@H](CO)[C@H](O)[C@@H](O)[C@@H]4O)cc(O)c3c(=O)c2O[C@@H]2O[C@H](C)[C@H](O)[C@@H](O)[C@@H]2O)cc1. The Bertz CT molecular complexity index is 1680. The standard InChI is InChI=1S/C33H40O15/c1-13(2)5-10-17-19(45-33-28(42)26(40)23(37)20(12-34)46-33)11-18(35)21-24(38)31(48-32-27(41)25(39)22(36)14(3)44-32)29(47-30(17)21)15-6-8-16(43-4)9-7-15/h5-9,11,14,20,22-23,25-28,32-37,39-42H,10,12H2,1-4H3/t14-,20+,22+,23+,25-,26-,27+,28+,32+,33+/m1/s1. The van der Waals surface area contributed by atoms with Crippen LogP contribution in [0.3, 0.4) is 0 Å². The van der Waals surface area contributed by atoms with Gasteiger partial charge < -0.3 is 69.0 Å². The third-order valence-electron chi connectivity index (χ3n) is 8.37. The lowest BCUT2D eigenvalue weighted by molar-refractivity contribution is -0.277. The van der Waals surface area contributed by atoms with Crippen LogP contribution in [0.25, 0.3) is 22.3 Å². The second-order valence-corrected chi connectivity index (χ2v) is 12.0. The zero-order valence-electron chi connectivity index (χ0n) is 26.6. The van der Waals surface area contributed by atoms with Gasteiger partial charge in [-0.15, -0.1) is 0 Å². The molecule has 0 radical (unpaired) electrons. The number of hydrogen-bond donors (Lipinski definition) is 8. The minimum Gasteiger partial charge on any atom is -0.507 e. The number of methoxy groups -OCH3 is 1. The van der Waals surface area contributed by atoms with Crippen LogP contribution in [-0.2, 0) is 15.9 Å². The number of phenolic OH excluding ortho intramolecular Hbond substituents is 1. The van der Waals surface area contributed by atoms with Crippen molar-refractivity contribution in [3.05, 3.63) is 57.8 Å². The third kappa shape index (κ3) is 6.74. The van der Waals surface area contributed by atoms with Crippen molar-refractivity contribution in [2.45, 2.75) is 88.6 Å². The smallest absolute Gasteiger partial charge is 0.239 e. The molecule has 2 saturated heterocycles. The number of benzene rings is 2. The molecule has 0 saturated carbocycles. The first kappa shape index (κ1) is 35.5. The highest BCUT2D eigenvalue weighted by molar-refractivity contribution is 5.91. The summed E-state index contributed by atoms with van der Waals surface area (Å²) in [6, 6.07) is 7.41. The van der Waals surface area contributed by atoms with Gasteiger partial charge in [-0.1, -0.05) is 11.6 Å². The number of aromatic hydroxyl groups is 1. The van der Waals surface area contributed by atoms with Gasteiger partial charge in [-0.2, -0.15) is 0 Å². The zero-order valence-corrected chi connectivity index (χ0v) is 26.6. The van der Waals surface area contributed by atoms with E-state index in [0.29, 0.717) is 11.3 Å². The van der Waals surface area contributed by atoms with Gasteiger partial charge in [0, 0.05) is 17.2 Å². The Kier molecular flexibility index (Phi) is 10.6. The van der Waals surface area contributed by atoms with Gasteiger partial charge in [0.1, 0.15) is 70.9 Å². The molecule has 0 unspecified atom stereocenters. The van der Waals surface area contributed by atoms with E-state index in [0.717, 1.165) is 11.6 Å². The molecule has 3 heterocycles. The quantitative estimate of drug-likeness (QED) is 0.140. The Hall–Kier alpha value is -3.77. The van der Waals surface area contributed by atoms with E-state index in [4.69, 9.17) is 28.1 Å². The number of fused-ring (bicyclic) bond motifs is 1. The molecule has 5 rings (SSSR count). The summed E-state index contributed by atoms with van der Waals surface area (Å²) in [5.74, 6) is -0.922. The van der Waals surface area contributed by atoms with Crippen LogP contribution in [0.2, 0.25) is 0 Å². The maximum Gasteiger partial charge on any atom is 0.239 e. The number of aliphatic hydroxyl groups is 7. The van der Waals surface area contributed by atoms with Gasteiger partial charge in [-0.05, 0) is 51.5 Å². The molecule has 0 spiro atoms. The normalized spacial score (nSPS) is 30.6. The monoisotopic (exact) mass is 676 g/mol. The van der Waals surface area contributed by atoms with E-state index >= 15 is 0 Å². The molecule has 2 aliphatic heterocycles. The molecule has 1 aromatic heterocycles. The molecule has 8 N–H and O–H groups in total. The summed E-state index contributed by atoms with van der Waals surface area (Å²) in [4.78, 5) is 14.3. The van der Waals surface area contributed by atoms with Crippen LogP contribution in [0, 0.1) is 0 Å². The van der Waals surface area contributed by atoms with E-state index in [1.165, 1.54) is 14.0 Å². The molecule has 15 nitrogen and oxygen atoms in total. The minimum atomic E-state index is -1.77. The summed E-state index contributed by atoms with van der Waals surface area (Å²) >= 11 is 0. The molecular formula is C33H40O15. The molecule has 10 atom stereocenters. The summed E-state index contributed by atoms with van der Waals surface area (Å²) in [7, 11) is 1.47. The maximum atomic E-state index is 14.3. The number of ether oxygens (including phenoxy) is 5. The van der Waals surface area contributed by atoms with Gasteiger partial charge in [-0.25, -0.2) is 0 Å². The van der Waals surface area contributed by atoms with E-state index < -0.39 is 84.9 Å². The molecule has 3 aromatic rings. The lowest BCUT2D eigenvalue weighted by atomic mass is 9.99. The Balaban J connectivity index is 1.71. The van der Waals surface area contributed by atoms with Crippen LogP contribution in [-0.4, -0.2) is 116 Å². The predicted octanol–water partition coefficient (Wildman–Crippen LogP) is 0.0679. The highest BCUT2D eigenvalue weighted by Gasteiger charge is 2.46. The van der Waals surface area contributed by atoms with Gasteiger partial charge >= 0.3 is 0 Å². The fourth-order valence-corrected chi connectivity index (χ4v) is 5.52. The average molecular weight is 677 g/mol. The number of hydrogen-bond acceptors (Lipinski definition) is 15. The molecule has 2 aromatic carbocycles. The summed E-state index contributed by atoms with van der Waals surface area (Å²) in [6.45, 7) is 4.40. The molecule has 0 amide bonds. The highest BCUT2D eigenvalue weighted by atomic mass is 16.7. The topological polar surface area (TPSA) is 238 Å². The summed E-state index contributed by atoms with van der Waals surface area (Å²) in [5.41, 5.74) is 0.341. The average Bonchev–Trinajstić information content (AvgIpc) is 3.06. The molecule has 2 fully saturated rings. The van der Waals surface area contributed by atoms with Crippen LogP contribution in [0.4, 0.5) is 0 Å². The second kappa shape index (κ2) is 14.4. The molecule has 15 heteroatoms. The summed E-state index contributed by atoms with van der Waals surface area (Å²) < 4.78 is 34.5. The second-order valence-electron chi connectivity index (χ2n) is 12.0. The van der Waals surface area contributed by atoms with Crippen molar-refractivity contribution in [3.8, 4) is 34.3 Å². The lowest BCUT2D eigenvalue weighted by Gasteiger charge is -2.39. The third-order valence-corrected chi connectivity index (χ3v) is 8.37. The fraction of sp³-hybridized carbons (Fsp3) is 0.485. The zero-order chi connectivity index (χ0) is 35.0. The molecule has 2 aliphatic rings. The fourth-order valence-electron chi connectivity index (χ4n) is 5.52. The van der Waals surface area contributed by atoms with Crippen LogP contribution >= 0.6 is 0 Å². The van der Waals surface area contributed by atoms with Crippen molar-refractivity contribution < 1.29 is 69.0 Å². The van der Waals surface area contributed by atoms with Crippen molar-refractivity contribution in [3.63, 3.8) is 0 Å². The number of rotatable bonds is 9. The first-order chi connectivity index (χ1) is 22.8. The predicted molar refractivity (Wildman–Crippen MR) is 167 cm³/mol. The molecule has 0 aliphatic carbocycles. The van der Waals surface area contributed by atoms with Crippen molar-refractivity contribution in [2.24, 2.45) is 0 Å². The van der Waals surface area contributed by atoms with Gasteiger partial charge in [0.15, 0.2) is 5.76 Å². The number of aliphatic hydroxyl groups excluding tert-OH is 7. The van der Waals surface area contributed by atoms with Crippen molar-refractivity contribution in [1.82, 2.24) is 0 Å². The van der Waals surface area contributed by atoms with Gasteiger partial charge in [-0.3, -0.25) is 4.79 Å². The minimum absolute atomic E-state index is 0.0725. The van der Waals surface area contributed by atoms with Crippen molar-refractivity contribution in [2.75, 3.05) is 13.7 Å². The molecule has 262 valence electrons. The highest BCUT2D eigenvalue weighted by Crippen LogP contribution is 2.41. The Morgan fingerprint density at radius 3 is 2.10 bits per heavy atom. The number of phenols is 1. The Morgan fingerprint density at radius 1 is 0.875 bits per heavy atom. The summed E-state index contributed by atoms with van der Waals surface area (Å²) in [6.07, 6.45) is -13.7. The van der Waals surface area contributed by atoms with E-state index in [2.05, 4.69) is 0 Å². The first-order valence-electron chi connectivity index (χ1n) is 15.2. The van der Waals surface area contributed by atoms with Crippen LogP contribution in [0.5, 0.6) is 23.0 Å². The molecular weight excluding hydrogens is 636 g/mol. The van der Waals surface area contributed by atoms with E-state index in [1.807, 2.05) is 13.8 Å². The van der Waals surface area contributed by atoms with Crippen LogP contribution in [0.1, 0.15) is 26.3 Å². The van der Waals surface area contributed by atoms with Crippen molar-refractivity contribution in [1.29, 1.82) is 0 Å².